The lowest BCUT2D eigenvalue weighted by Gasteiger charge is -2.39. The number of rotatable bonds is 15. The van der Waals surface area contributed by atoms with E-state index in [2.05, 4.69) is 26.5 Å². The smallest absolute Gasteiger partial charge is 0.422 e. The summed E-state index contributed by atoms with van der Waals surface area (Å²) in [4.78, 5) is 25.1. The SMILES string of the molecule is CCCCC.CCOC(=O)CCc1cc(C)c(OC2CCN(CC(O)(c3cn(Cc4ccccc4)c4cc(C(=O)O)ccc34)C(F)(F)F)CC2)c(OC)c1.CCS. The molecule has 0 bridgehead atoms. The van der Waals surface area contributed by atoms with Crippen LogP contribution in [-0.4, -0.2) is 83.0 Å². The monoisotopic (exact) mass is 816 g/mol. The van der Waals surface area contributed by atoms with Crippen molar-refractivity contribution in [3.8, 4) is 11.5 Å². The van der Waals surface area contributed by atoms with E-state index >= 15 is 0 Å². The molecule has 5 rings (SSSR count). The molecule has 1 atom stereocenters. The molecular formula is C44H59F3N2O7S. The summed E-state index contributed by atoms with van der Waals surface area (Å²) < 4.78 is 63.3. The number of fused-ring (bicyclic) bond motifs is 1. The highest BCUT2D eigenvalue weighted by Crippen LogP contribution is 2.44. The molecule has 0 spiro atoms. The van der Waals surface area contributed by atoms with Crippen molar-refractivity contribution < 1.29 is 47.2 Å². The van der Waals surface area contributed by atoms with E-state index in [-0.39, 0.29) is 60.2 Å². The summed E-state index contributed by atoms with van der Waals surface area (Å²) in [5.41, 5.74) is -0.838. The van der Waals surface area contributed by atoms with Crippen molar-refractivity contribution in [2.24, 2.45) is 0 Å². The van der Waals surface area contributed by atoms with Gasteiger partial charge in [0.05, 0.1) is 19.3 Å². The zero-order valence-electron chi connectivity index (χ0n) is 34.0. The van der Waals surface area contributed by atoms with Crippen LogP contribution in [0.15, 0.2) is 66.9 Å². The molecule has 2 heterocycles. The lowest BCUT2D eigenvalue weighted by atomic mass is 9.90. The summed E-state index contributed by atoms with van der Waals surface area (Å²) in [6.45, 7) is 10.3. The summed E-state index contributed by atoms with van der Waals surface area (Å²) in [5, 5.41) is 21.3. The Morgan fingerprint density at radius 3 is 2.14 bits per heavy atom. The molecule has 9 nitrogen and oxygen atoms in total. The van der Waals surface area contributed by atoms with E-state index in [0.29, 0.717) is 37.4 Å². The lowest BCUT2D eigenvalue weighted by molar-refractivity contribution is -0.272. The van der Waals surface area contributed by atoms with Gasteiger partial charge >= 0.3 is 18.1 Å². The number of aromatic carboxylic acids is 1. The van der Waals surface area contributed by atoms with Crippen LogP contribution < -0.4 is 9.47 Å². The number of aliphatic hydroxyl groups is 1. The summed E-state index contributed by atoms with van der Waals surface area (Å²) >= 11 is 3.79. The number of alkyl halides is 3. The Balaban J connectivity index is 0.000000994. The Morgan fingerprint density at radius 1 is 0.947 bits per heavy atom. The topological polar surface area (TPSA) is 110 Å². The van der Waals surface area contributed by atoms with Crippen LogP contribution in [0.25, 0.3) is 10.9 Å². The summed E-state index contributed by atoms with van der Waals surface area (Å²) in [6, 6.07) is 16.8. The number of esters is 1. The van der Waals surface area contributed by atoms with Gasteiger partial charge in [0.1, 0.15) is 6.10 Å². The molecule has 0 amide bonds. The zero-order chi connectivity index (χ0) is 42.2. The average Bonchev–Trinajstić information content (AvgIpc) is 3.54. The van der Waals surface area contributed by atoms with Gasteiger partial charge < -0.3 is 29.0 Å². The molecule has 0 radical (unpaired) electrons. The summed E-state index contributed by atoms with van der Waals surface area (Å²) in [7, 11) is 1.52. The molecule has 0 aliphatic carbocycles. The number of methoxy groups -OCH3 is 1. The van der Waals surface area contributed by atoms with Crippen molar-refractivity contribution in [3.05, 3.63) is 94.7 Å². The standard InChI is InChI=1S/C37H41F3N2O7.C5H12.C2H6S/c1-4-48-33(43)13-10-26-18-24(2)34(32(19-26)47-3)49-28-14-16-41(17-15-28)23-36(46,37(38,39)40)30-22-42(21-25-8-6-5-7-9-25)31-20-27(35(44)45)11-12-29(30)31;1-3-5-4-2;1-2-3/h5-9,11-12,18-20,22,28,46H,4,10,13-17,21,23H2,1-3H3,(H,44,45);3-5H2,1-2H3;3H,2H2,1H3. The van der Waals surface area contributed by atoms with E-state index in [9.17, 15) is 33.0 Å². The van der Waals surface area contributed by atoms with Gasteiger partial charge in [-0.2, -0.15) is 25.8 Å². The number of carboxylic acid groups (broad SMARTS) is 1. The third kappa shape index (κ3) is 13.2. The molecule has 1 aromatic heterocycles. The first-order valence-electron chi connectivity index (χ1n) is 19.7. The number of unbranched alkanes of at least 4 members (excludes halogenated alkanes) is 2. The molecule has 1 aliphatic heterocycles. The van der Waals surface area contributed by atoms with Crippen LogP contribution in [0, 0.1) is 6.92 Å². The molecule has 314 valence electrons. The van der Waals surface area contributed by atoms with Gasteiger partial charge in [-0.05, 0) is 73.8 Å². The van der Waals surface area contributed by atoms with E-state index in [4.69, 9.17) is 14.2 Å². The van der Waals surface area contributed by atoms with Gasteiger partial charge in [0.2, 0.25) is 5.60 Å². The predicted octanol–water partition coefficient (Wildman–Crippen LogP) is 9.63. The number of hydrogen-bond donors (Lipinski definition) is 3. The van der Waals surface area contributed by atoms with E-state index in [0.717, 1.165) is 22.4 Å². The number of thiol groups is 1. The highest BCUT2D eigenvalue weighted by Gasteiger charge is 2.57. The Bertz CT molecular complexity index is 1860. The van der Waals surface area contributed by atoms with Gasteiger partial charge in [-0.1, -0.05) is 82.5 Å². The van der Waals surface area contributed by atoms with Gasteiger partial charge in [0.15, 0.2) is 11.5 Å². The maximum Gasteiger partial charge on any atom is 0.422 e. The highest BCUT2D eigenvalue weighted by atomic mass is 32.1. The van der Waals surface area contributed by atoms with Gasteiger partial charge in [-0.25, -0.2) is 4.79 Å². The minimum absolute atomic E-state index is 0.0673. The molecule has 1 fully saturated rings. The number of aryl methyl sites for hydroxylation is 2. The fourth-order valence-corrected chi connectivity index (χ4v) is 6.76. The minimum Gasteiger partial charge on any atom is -0.493 e. The Morgan fingerprint density at radius 2 is 1.60 bits per heavy atom. The third-order valence-corrected chi connectivity index (χ3v) is 9.66. The number of piperidine rings is 1. The minimum atomic E-state index is -5.03. The lowest BCUT2D eigenvalue weighted by Crippen LogP contribution is -2.53. The van der Waals surface area contributed by atoms with E-state index in [1.54, 1.807) is 16.4 Å². The Hall–Kier alpha value is -4.20. The van der Waals surface area contributed by atoms with E-state index in [1.807, 2.05) is 56.3 Å². The first-order valence-corrected chi connectivity index (χ1v) is 20.3. The highest BCUT2D eigenvalue weighted by molar-refractivity contribution is 7.80. The molecule has 3 aromatic carbocycles. The number of β-amino-alcohol motifs (C(OH)–C–C–N with tert-alkyl or cyclic N) is 1. The fraction of sp³-hybridized carbons (Fsp3) is 0.500. The number of nitrogens with zero attached hydrogens (tertiary/aromatic N) is 2. The number of carbonyl (C=O) groups excluding carboxylic acids is 1. The van der Waals surface area contributed by atoms with Crippen molar-refractivity contribution in [2.75, 3.05) is 39.1 Å². The number of hydrogen-bond acceptors (Lipinski definition) is 8. The van der Waals surface area contributed by atoms with Crippen molar-refractivity contribution in [1.29, 1.82) is 0 Å². The van der Waals surface area contributed by atoms with Crippen LogP contribution in [-0.2, 0) is 28.1 Å². The molecule has 4 aromatic rings. The molecule has 57 heavy (non-hydrogen) atoms. The summed E-state index contributed by atoms with van der Waals surface area (Å²) in [5.74, 6) is 0.504. The van der Waals surface area contributed by atoms with Crippen molar-refractivity contribution in [3.63, 3.8) is 0 Å². The molecule has 1 aliphatic rings. The molecule has 0 saturated carbocycles. The fourth-order valence-electron chi connectivity index (χ4n) is 6.76. The molecule has 1 unspecified atom stereocenters. The first kappa shape index (κ1) is 47.2. The van der Waals surface area contributed by atoms with E-state index in [1.165, 1.54) is 50.8 Å². The first-order chi connectivity index (χ1) is 27.2. The number of benzene rings is 3. The number of likely N-dealkylation sites (tertiary alicyclic amines) is 1. The quantitative estimate of drug-likeness (QED) is 0.0804. The Kier molecular flexibility index (Phi) is 18.8. The second-order valence-electron chi connectivity index (χ2n) is 14.1. The van der Waals surface area contributed by atoms with Gasteiger partial charge in [0, 0.05) is 55.3 Å². The Labute approximate surface area is 340 Å². The van der Waals surface area contributed by atoms with Crippen LogP contribution >= 0.6 is 12.6 Å². The molecule has 2 N–H and O–H groups in total. The van der Waals surface area contributed by atoms with Gasteiger partial charge in [0.25, 0.3) is 0 Å². The average molecular weight is 817 g/mol. The summed E-state index contributed by atoms with van der Waals surface area (Å²) in [6.07, 6.45) is 1.58. The second kappa shape index (κ2) is 22.7. The normalized spacial score (nSPS) is 14.4. The van der Waals surface area contributed by atoms with E-state index < -0.39 is 24.3 Å². The molecular weight excluding hydrogens is 758 g/mol. The van der Waals surface area contributed by atoms with Crippen molar-refractivity contribution in [2.45, 2.75) is 104 Å². The van der Waals surface area contributed by atoms with Crippen LogP contribution in [0.1, 0.15) is 98.8 Å². The maximum absolute atomic E-state index is 14.9. The maximum atomic E-state index is 14.9. The van der Waals surface area contributed by atoms with Gasteiger partial charge in [-0.3, -0.25) is 9.69 Å². The largest absolute Gasteiger partial charge is 0.493 e. The number of carboxylic acids is 1. The third-order valence-electron chi connectivity index (χ3n) is 9.66. The van der Waals surface area contributed by atoms with Crippen molar-refractivity contribution in [1.82, 2.24) is 9.47 Å². The van der Waals surface area contributed by atoms with Crippen LogP contribution in [0.2, 0.25) is 0 Å². The number of aromatic nitrogens is 1. The number of halogens is 3. The molecule has 1 saturated heterocycles. The van der Waals surface area contributed by atoms with Crippen LogP contribution in [0.5, 0.6) is 11.5 Å². The number of carbonyl (C=O) groups is 2. The van der Waals surface area contributed by atoms with Crippen LogP contribution in [0.4, 0.5) is 13.2 Å². The second-order valence-corrected chi connectivity index (χ2v) is 14.7. The van der Waals surface area contributed by atoms with Crippen molar-refractivity contribution >= 4 is 35.5 Å². The molecule has 13 heteroatoms. The van der Waals surface area contributed by atoms with Crippen LogP contribution in [0.3, 0.4) is 0 Å². The zero-order valence-corrected chi connectivity index (χ0v) is 34.9. The number of ether oxygens (including phenoxy) is 3. The van der Waals surface area contributed by atoms with Gasteiger partial charge in [-0.15, -0.1) is 0 Å². The predicted molar refractivity (Wildman–Crippen MR) is 222 cm³/mol.